The summed E-state index contributed by atoms with van der Waals surface area (Å²) in [6, 6.07) is 122. The predicted molar refractivity (Wildman–Crippen MR) is 422 cm³/mol. The van der Waals surface area contributed by atoms with Gasteiger partial charge in [0.15, 0.2) is 23.7 Å². The van der Waals surface area contributed by atoms with Crippen LogP contribution in [0, 0.1) is 0 Å². The van der Waals surface area contributed by atoms with Crippen molar-refractivity contribution < 1.29 is 8.83 Å². The van der Waals surface area contributed by atoms with Crippen molar-refractivity contribution in [2.45, 2.75) is 18.0 Å². The van der Waals surface area contributed by atoms with E-state index in [9.17, 15) is 0 Å². The first kappa shape index (κ1) is 63.1. The van der Waals surface area contributed by atoms with E-state index in [1.54, 1.807) is 11.3 Å². The lowest BCUT2D eigenvalue weighted by Crippen LogP contribution is -2.28. The first-order valence-corrected chi connectivity index (χ1v) is 35.2. The minimum Gasteiger partial charge on any atom is -0.443 e. The molecule has 2 aliphatic rings. The van der Waals surface area contributed by atoms with E-state index in [2.05, 4.69) is 261 Å². The Hall–Kier alpha value is -13.4. The molecule has 3 aromatic heterocycles. The fourth-order valence-electron chi connectivity index (χ4n) is 13.9. The van der Waals surface area contributed by atoms with Gasteiger partial charge in [-0.2, -0.15) is 0 Å². The lowest BCUT2D eigenvalue weighted by molar-refractivity contribution is 0.605. The number of hydrogen-bond donors (Lipinski definition) is 3. The van der Waals surface area contributed by atoms with Crippen LogP contribution in [-0.4, -0.2) is 15.0 Å². The summed E-state index contributed by atoms with van der Waals surface area (Å²) in [5, 5.41) is 17.1. The molecule has 10 nitrogen and oxygen atoms in total. The molecule has 0 radical (unpaired) electrons. The molecule has 20 rings (SSSR count). The minimum atomic E-state index is -0.381. The van der Waals surface area contributed by atoms with Gasteiger partial charge in [0.25, 0.3) is 0 Å². The third-order valence-electron chi connectivity index (χ3n) is 18.9. The molecule has 3 N–H and O–H groups in total. The van der Waals surface area contributed by atoms with Gasteiger partial charge in [-0.3, -0.25) is 9.98 Å². The number of para-hydroxylation sites is 6. The van der Waals surface area contributed by atoms with Crippen LogP contribution >= 0.6 is 11.3 Å². The lowest BCUT2D eigenvalue weighted by atomic mass is 9.68. The van der Waals surface area contributed by atoms with Crippen molar-refractivity contribution in [3.05, 3.63) is 413 Å². The van der Waals surface area contributed by atoms with E-state index >= 15 is 0 Å². The van der Waals surface area contributed by atoms with Crippen LogP contribution in [0.5, 0.6) is 0 Å². The third-order valence-corrected chi connectivity index (χ3v) is 19.7. The second-order valence-electron chi connectivity index (χ2n) is 25.4. The highest BCUT2D eigenvalue weighted by Crippen LogP contribution is 2.56. The van der Waals surface area contributed by atoms with Crippen molar-refractivity contribution in [3.8, 4) is 22.6 Å². The third kappa shape index (κ3) is 13.3. The molecule has 0 saturated heterocycles. The van der Waals surface area contributed by atoms with Gasteiger partial charge in [-0.15, -0.1) is 11.3 Å². The maximum atomic E-state index is 5.94. The standard InChI is InChI=1S/C38H26N2O.C24H18N2.C17H12N2O.C13H10N2S/c1-2-10-27(11-3-1)38(33-14-6-4-12-31(33)32-13-5-7-15-34(32)38)28-20-24-30(25-21-28)39-29-22-18-26(19-23-29)37-40-35-16-8-9-17-36(35)41-37;1-2-6-21-16-18(11-12-19(21)5-1)15-17-9-13-20(14-10-17)24-25-22-7-3-4-8-23(22)26-24;1-2-4-13(5-3-1)19-14-8-6-12-7-9-16-17(15(12)10-14)20-11-18-16;1-2-4-10(5-3-1)15-11-6-7-12-13(8-11)16-9-14-12/h1-25,39H;1-14,16,24H,15H2;1-11,19H;1-9,15H. The Labute approximate surface area is 599 Å². The summed E-state index contributed by atoms with van der Waals surface area (Å²) in [5.74, 6) is 0.630. The summed E-state index contributed by atoms with van der Waals surface area (Å²) < 4.78 is 12.6. The maximum Gasteiger partial charge on any atom is 0.227 e. The Morgan fingerprint density at radius 1 is 0.379 bits per heavy atom. The zero-order valence-corrected chi connectivity index (χ0v) is 56.7. The monoisotopic (exact) mass is 1350 g/mol. The lowest BCUT2D eigenvalue weighted by Gasteiger charge is -2.34. The van der Waals surface area contributed by atoms with E-state index in [-0.39, 0.29) is 11.6 Å². The molecule has 11 heteroatoms. The number of thiazole rings is 1. The van der Waals surface area contributed by atoms with Crippen molar-refractivity contribution in [1.29, 1.82) is 0 Å². The van der Waals surface area contributed by atoms with Crippen molar-refractivity contribution in [2.24, 2.45) is 9.98 Å². The molecule has 0 bridgehead atoms. The van der Waals surface area contributed by atoms with Crippen LogP contribution in [0.3, 0.4) is 0 Å². The first-order valence-electron chi connectivity index (χ1n) is 34.4. The number of aromatic nitrogens is 3. The maximum absolute atomic E-state index is 5.94. The van der Waals surface area contributed by atoms with Gasteiger partial charge >= 0.3 is 0 Å². The molecule has 0 saturated carbocycles. The van der Waals surface area contributed by atoms with Gasteiger partial charge in [0.2, 0.25) is 5.89 Å². The fourth-order valence-corrected chi connectivity index (χ4v) is 14.6. The van der Waals surface area contributed by atoms with E-state index < -0.39 is 0 Å². The topological polar surface area (TPSA) is 126 Å². The summed E-state index contributed by atoms with van der Waals surface area (Å²) in [5.41, 5.74) is 24.8. The zero-order chi connectivity index (χ0) is 68.7. The Kier molecular flexibility index (Phi) is 17.5. The summed E-state index contributed by atoms with van der Waals surface area (Å²) in [6.07, 6.45) is 2.31. The molecule has 0 unspecified atom stereocenters. The van der Waals surface area contributed by atoms with Crippen LogP contribution in [0.25, 0.3) is 76.5 Å². The van der Waals surface area contributed by atoms with E-state index in [0.717, 1.165) is 101 Å². The Morgan fingerprint density at radius 3 is 1.60 bits per heavy atom. The Balaban J connectivity index is 0.000000109. The van der Waals surface area contributed by atoms with Crippen molar-refractivity contribution in [3.63, 3.8) is 0 Å². The van der Waals surface area contributed by atoms with Crippen LogP contribution in [0.4, 0.5) is 34.1 Å². The van der Waals surface area contributed by atoms with Crippen molar-refractivity contribution >= 4 is 99.4 Å². The molecule has 0 atom stereocenters. The van der Waals surface area contributed by atoms with Crippen LogP contribution in [0.15, 0.2) is 383 Å². The number of hydrogen-bond acceptors (Lipinski definition) is 11. The van der Waals surface area contributed by atoms with Gasteiger partial charge in [0.1, 0.15) is 11.0 Å². The second-order valence-corrected chi connectivity index (χ2v) is 26.3. The van der Waals surface area contributed by atoms with E-state index in [4.69, 9.17) is 18.8 Å². The average Bonchev–Trinajstić information content (AvgIpc) is 1.54. The first-order chi connectivity index (χ1) is 51.0. The van der Waals surface area contributed by atoms with E-state index in [1.807, 2.05) is 127 Å². The molecule has 15 aromatic carbocycles. The minimum absolute atomic E-state index is 0.109. The number of benzene rings is 15. The molecule has 4 heterocycles. The molecule has 0 fully saturated rings. The molecule has 103 heavy (non-hydrogen) atoms. The average molecular weight is 1350 g/mol. The number of rotatable bonds is 12. The molecule has 1 aliphatic heterocycles. The summed E-state index contributed by atoms with van der Waals surface area (Å²) in [7, 11) is 0. The van der Waals surface area contributed by atoms with Gasteiger partial charge in [-0.25, -0.2) is 15.0 Å². The van der Waals surface area contributed by atoms with Gasteiger partial charge in [0, 0.05) is 45.1 Å². The number of fused-ring (bicyclic) bond motifs is 10. The fraction of sp³-hybridized carbons (Fsp3) is 0.0326. The normalized spacial score (nSPS) is 12.3. The number of nitrogens with one attached hydrogen (secondary N) is 3. The second kappa shape index (κ2) is 28.5. The molecule has 0 spiro atoms. The molecule has 0 amide bonds. The molecular weight excluding hydrogens is 1280 g/mol. The van der Waals surface area contributed by atoms with Gasteiger partial charge in [-0.1, -0.05) is 231 Å². The number of nitrogens with zero attached hydrogens (tertiary/aromatic N) is 5. The predicted octanol–water partition coefficient (Wildman–Crippen LogP) is 22.7. The Morgan fingerprint density at radius 2 is 0.903 bits per heavy atom. The summed E-state index contributed by atoms with van der Waals surface area (Å²) in [6.45, 7) is 0. The molecule has 18 aromatic rings. The van der Waals surface area contributed by atoms with E-state index in [1.165, 1.54) is 66.4 Å². The van der Waals surface area contributed by atoms with Gasteiger partial charge in [0.05, 0.1) is 31.9 Å². The smallest absolute Gasteiger partial charge is 0.227 e. The van der Waals surface area contributed by atoms with Crippen molar-refractivity contribution in [1.82, 2.24) is 15.0 Å². The largest absolute Gasteiger partial charge is 0.443 e. The number of oxazole rings is 2. The van der Waals surface area contributed by atoms with Crippen LogP contribution < -0.4 is 26.7 Å². The van der Waals surface area contributed by atoms with Crippen LogP contribution in [-0.2, 0) is 11.8 Å². The Bertz CT molecular complexity index is 6030. The molecule has 492 valence electrons. The van der Waals surface area contributed by atoms with Crippen LogP contribution in [0.2, 0.25) is 0 Å². The molecule has 1 aliphatic carbocycles. The zero-order valence-electron chi connectivity index (χ0n) is 55.9. The van der Waals surface area contributed by atoms with E-state index in [0.29, 0.717) is 5.89 Å². The van der Waals surface area contributed by atoms with Crippen molar-refractivity contribution in [2.75, 3.05) is 16.0 Å². The number of anilines is 6. The summed E-state index contributed by atoms with van der Waals surface area (Å²) >= 11 is 1.66. The quantitative estimate of drug-likeness (QED) is 0.110. The summed E-state index contributed by atoms with van der Waals surface area (Å²) in [4.78, 5) is 22.5. The highest BCUT2D eigenvalue weighted by molar-refractivity contribution is 7.16. The van der Waals surface area contributed by atoms with Crippen LogP contribution in [0.1, 0.15) is 45.1 Å². The van der Waals surface area contributed by atoms with Gasteiger partial charge < -0.3 is 24.8 Å². The van der Waals surface area contributed by atoms with Gasteiger partial charge in [-0.05, 0) is 194 Å². The highest BCUT2D eigenvalue weighted by atomic mass is 32.1. The molecular formula is C92H66N8O2S. The SMILES string of the molecule is c1ccc(C2(c3ccc(Nc4ccc(-c5nc6ccccc6o5)cc4)cc3)c3ccccc3-c3ccccc32)cc1.c1ccc(Nc2ccc3ccc4ncoc4c3c2)cc1.c1ccc(Nc2ccc3ncsc3c2)cc1.c1ccc2c(c1)=NC(c1ccc(Cc3ccc4ccccc4c3)cc1)N=2. The highest BCUT2D eigenvalue weighted by Gasteiger charge is 2.45.